The van der Waals surface area contributed by atoms with Gasteiger partial charge in [-0.1, -0.05) is 33.1 Å². The lowest BCUT2D eigenvalue weighted by atomic mass is 9.71. The molecule has 0 aliphatic heterocycles. The second-order valence-electron chi connectivity index (χ2n) is 6.57. The van der Waals surface area contributed by atoms with Crippen LogP contribution in [-0.2, 0) is 4.79 Å². The van der Waals surface area contributed by atoms with Crippen LogP contribution in [0.2, 0.25) is 0 Å². The lowest BCUT2D eigenvalue weighted by Gasteiger charge is -2.37. The van der Waals surface area contributed by atoms with E-state index < -0.39 is 5.60 Å². The summed E-state index contributed by atoms with van der Waals surface area (Å²) >= 11 is 0. The summed E-state index contributed by atoms with van der Waals surface area (Å²) in [7, 11) is 0. The van der Waals surface area contributed by atoms with Gasteiger partial charge in [-0.2, -0.15) is 0 Å². The van der Waals surface area contributed by atoms with Gasteiger partial charge in [0.15, 0.2) is 0 Å². The third kappa shape index (κ3) is 4.30. The van der Waals surface area contributed by atoms with Crippen molar-refractivity contribution in [2.24, 2.45) is 11.3 Å². The van der Waals surface area contributed by atoms with E-state index in [4.69, 9.17) is 0 Å². The number of hydrogen-bond acceptors (Lipinski definition) is 2. The van der Waals surface area contributed by atoms with Crippen molar-refractivity contribution in [2.75, 3.05) is 6.54 Å². The van der Waals surface area contributed by atoms with Crippen LogP contribution in [0.1, 0.15) is 59.8 Å². The van der Waals surface area contributed by atoms with E-state index in [1.807, 2.05) is 0 Å². The van der Waals surface area contributed by atoms with Gasteiger partial charge in [-0.3, -0.25) is 4.79 Å². The van der Waals surface area contributed by atoms with E-state index in [1.165, 1.54) is 46.0 Å². The highest BCUT2D eigenvalue weighted by Crippen LogP contribution is 2.37. The van der Waals surface area contributed by atoms with Crippen molar-refractivity contribution in [2.45, 2.75) is 65.4 Å². The van der Waals surface area contributed by atoms with Crippen LogP contribution in [-0.4, -0.2) is 23.2 Å². The zero-order chi connectivity index (χ0) is 13.1. The summed E-state index contributed by atoms with van der Waals surface area (Å²) in [6, 6.07) is 0. The van der Waals surface area contributed by atoms with Gasteiger partial charge in [0.05, 0.1) is 0 Å². The molecule has 0 unspecified atom stereocenters. The first-order valence-corrected chi connectivity index (χ1v) is 6.74. The smallest absolute Gasteiger partial charge is 0.251 e. The van der Waals surface area contributed by atoms with Crippen molar-refractivity contribution in [3.05, 3.63) is 0 Å². The maximum atomic E-state index is 11.6. The van der Waals surface area contributed by atoms with Gasteiger partial charge in [-0.05, 0) is 38.0 Å². The molecule has 2 N–H and O–H groups in total. The number of aliphatic hydroxyl groups is 1. The molecular weight excluding hydrogens is 214 g/mol. The second kappa shape index (κ2) is 5.38. The summed E-state index contributed by atoms with van der Waals surface area (Å²) in [5.41, 5.74) is -1.15. The molecule has 0 saturated heterocycles. The van der Waals surface area contributed by atoms with E-state index in [0.29, 0.717) is 12.5 Å². The van der Waals surface area contributed by atoms with E-state index >= 15 is 0 Å². The standard InChI is InChI=1S/C14H27NO2/c1-13(2,11-8-6-5-7-9-11)10-15-12(16)14(3,4)17/h11,17H,5-10H2,1-4H3,(H,15,16). The van der Waals surface area contributed by atoms with Gasteiger partial charge in [-0.25, -0.2) is 0 Å². The Morgan fingerprint density at radius 1 is 1.18 bits per heavy atom. The molecule has 0 spiro atoms. The van der Waals surface area contributed by atoms with Gasteiger partial charge in [0, 0.05) is 6.54 Å². The summed E-state index contributed by atoms with van der Waals surface area (Å²) in [5, 5.41) is 12.5. The molecule has 0 bridgehead atoms. The minimum atomic E-state index is -1.28. The molecule has 1 fully saturated rings. The lowest BCUT2D eigenvalue weighted by molar-refractivity contribution is -0.137. The molecule has 0 radical (unpaired) electrons. The summed E-state index contributed by atoms with van der Waals surface area (Å²) in [5.74, 6) is 0.416. The van der Waals surface area contributed by atoms with Crippen LogP contribution >= 0.6 is 0 Å². The molecule has 1 amide bonds. The molecule has 1 saturated carbocycles. The van der Waals surface area contributed by atoms with Crippen LogP contribution in [0.5, 0.6) is 0 Å². The lowest BCUT2D eigenvalue weighted by Crippen LogP contribution is -2.47. The van der Waals surface area contributed by atoms with E-state index in [0.717, 1.165) is 0 Å². The molecule has 3 nitrogen and oxygen atoms in total. The molecule has 1 rings (SSSR count). The summed E-state index contributed by atoms with van der Waals surface area (Å²) in [6.07, 6.45) is 6.51. The SMILES string of the molecule is CC(C)(O)C(=O)NCC(C)(C)C1CCCCC1. The van der Waals surface area contributed by atoms with Gasteiger partial charge < -0.3 is 10.4 Å². The van der Waals surface area contributed by atoms with Gasteiger partial charge in [0.1, 0.15) is 5.60 Å². The zero-order valence-corrected chi connectivity index (χ0v) is 11.7. The Morgan fingerprint density at radius 2 is 1.71 bits per heavy atom. The van der Waals surface area contributed by atoms with Crippen molar-refractivity contribution in [1.29, 1.82) is 0 Å². The Labute approximate surface area is 105 Å². The predicted molar refractivity (Wildman–Crippen MR) is 69.7 cm³/mol. The molecule has 0 aromatic carbocycles. The largest absolute Gasteiger partial charge is 0.381 e. The van der Waals surface area contributed by atoms with Crippen molar-refractivity contribution in [3.63, 3.8) is 0 Å². The Hall–Kier alpha value is -0.570. The quantitative estimate of drug-likeness (QED) is 0.794. The molecular formula is C14H27NO2. The molecule has 0 heterocycles. The van der Waals surface area contributed by atoms with Crippen molar-refractivity contribution in [3.8, 4) is 0 Å². The number of carbonyl (C=O) groups is 1. The fourth-order valence-corrected chi connectivity index (χ4v) is 2.55. The average molecular weight is 241 g/mol. The molecule has 0 aromatic heterocycles. The van der Waals surface area contributed by atoms with E-state index in [-0.39, 0.29) is 11.3 Å². The zero-order valence-electron chi connectivity index (χ0n) is 11.7. The highest BCUT2D eigenvalue weighted by atomic mass is 16.3. The molecule has 17 heavy (non-hydrogen) atoms. The number of nitrogens with one attached hydrogen (secondary N) is 1. The Kier molecular flexibility index (Phi) is 4.59. The van der Waals surface area contributed by atoms with E-state index in [1.54, 1.807) is 0 Å². The van der Waals surface area contributed by atoms with Crippen LogP contribution < -0.4 is 5.32 Å². The second-order valence-corrected chi connectivity index (χ2v) is 6.57. The molecule has 0 aromatic rings. The van der Waals surface area contributed by atoms with E-state index in [2.05, 4.69) is 19.2 Å². The maximum Gasteiger partial charge on any atom is 0.251 e. The normalized spacial score (nSPS) is 19.1. The first kappa shape index (κ1) is 14.5. The highest BCUT2D eigenvalue weighted by molar-refractivity contribution is 5.83. The van der Waals surface area contributed by atoms with Crippen LogP contribution in [0, 0.1) is 11.3 Å². The topological polar surface area (TPSA) is 49.3 Å². The average Bonchev–Trinajstić information content (AvgIpc) is 2.26. The van der Waals surface area contributed by atoms with Crippen molar-refractivity contribution < 1.29 is 9.90 Å². The Bertz CT molecular complexity index is 260. The summed E-state index contributed by atoms with van der Waals surface area (Å²) < 4.78 is 0. The van der Waals surface area contributed by atoms with Gasteiger partial charge in [0.2, 0.25) is 0 Å². The fourth-order valence-electron chi connectivity index (χ4n) is 2.55. The number of carbonyl (C=O) groups excluding carboxylic acids is 1. The fraction of sp³-hybridized carbons (Fsp3) is 0.929. The molecule has 100 valence electrons. The number of rotatable bonds is 4. The molecule has 1 aliphatic carbocycles. The van der Waals surface area contributed by atoms with Crippen LogP contribution in [0.15, 0.2) is 0 Å². The Balaban J connectivity index is 2.46. The van der Waals surface area contributed by atoms with Crippen molar-refractivity contribution in [1.82, 2.24) is 5.32 Å². The van der Waals surface area contributed by atoms with E-state index in [9.17, 15) is 9.90 Å². The first-order chi connectivity index (χ1) is 7.73. The highest BCUT2D eigenvalue weighted by Gasteiger charge is 2.32. The Morgan fingerprint density at radius 3 is 2.18 bits per heavy atom. The van der Waals surface area contributed by atoms with Crippen LogP contribution in [0.25, 0.3) is 0 Å². The van der Waals surface area contributed by atoms with Gasteiger partial charge >= 0.3 is 0 Å². The van der Waals surface area contributed by atoms with Gasteiger partial charge in [0.25, 0.3) is 5.91 Å². The predicted octanol–water partition coefficient (Wildman–Crippen LogP) is 2.48. The first-order valence-electron chi connectivity index (χ1n) is 6.74. The number of hydrogen-bond donors (Lipinski definition) is 2. The maximum absolute atomic E-state index is 11.6. The summed E-state index contributed by atoms with van der Waals surface area (Å²) in [4.78, 5) is 11.6. The third-order valence-corrected chi connectivity index (χ3v) is 3.97. The molecule has 3 heteroatoms. The molecule has 0 atom stereocenters. The van der Waals surface area contributed by atoms with Crippen molar-refractivity contribution >= 4 is 5.91 Å². The molecule has 1 aliphatic rings. The van der Waals surface area contributed by atoms with Gasteiger partial charge in [-0.15, -0.1) is 0 Å². The summed E-state index contributed by atoms with van der Waals surface area (Å²) in [6.45, 7) is 8.13. The monoisotopic (exact) mass is 241 g/mol. The minimum absolute atomic E-state index is 0.126. The minimum Gasteiger partial charge on any atom is -0.381 e. The van der Waals surface area contributed by atoms with Crippen LogP contribution in [0.3, 0.4) is 0 Å². The van der Waals surface area contributed by atoms with Crippen LogP contribution in [0.4, 0.5) is 0 Å². The third-order valence-electron chi connectivity index (χ3n) is 3.97. The number of amides is 1.